The number of carbonyl (C=O) groups excluding carboxylic acids is 1. The summed E-state index contributed by atoms with van der Waals surface area (Å²) in [7, 11) is 0. The SMILES string of the molecule is O=C(OCc1cc(-c2ccccc2)on1)c1cc2ccccc2oc1=O. The molecule has 0 saturated carbocycles. The second kappa shape index (κ2) is 6.68. The summed E-state index contributed by atoms with van der Waals surface area (Å²) in [4.78, 5) is 24.2. The number of ether oxygens (including phenoxy) is 1. The molecule has 0 radical (unpaired) electrons. The lowest BCUT2D eigenvalue weighted by Crippen LogP contribution is -2.16. The molecule has 6 heteroatoms. The largest absolute Gasteiger partial charge is 0.455 e. The molecule has 0 spiro atoms. The van der Waals surface area contributed by atoms with Crippen LogP contribution in [0.4, 0.5) is 0 Å². The molecule has 4 rings (SSSR count). The molecule has 0 aliphatic rings. The number of hydrogen-bond donors (Lipinski definition) is 0. The third kappa shape index (κ3) is 3.12. The molecular weight excluding hydrogens is 334 g/mol. The Balaban J connectivity index is 1.50. The number of esters is 1. The number of nitrogens with zero attached hydrogens (tertiary/aromatic N) is 1. The summed E-state index contributed by atoms with van der Waals surface area (Å²) in [6.07, 6.45) is 0. The summed E-state index contributed by atoms with van der Waals surface area (Å²) in [5.74, 6) is -0.198. The Labute approximate surface area is 147 Å². The molecule has 4 aromatic rings. The van der Waals surface area contributed by atoms with E-state index in [1.165, 1.54) is 6.07 Å². The van der Waals surface area contributed by atoms with Crippen LogP contribution in [0.3, 0.4) is 0 Å². The van der Waals surface area contributed by atoms with Crippen LogP contribution in [0.1, 0.15) is 16.1 Å². The van der Waals surface area contributed by atoms with E-state index >= 15 is 0 Å². The van der Waals surface area contributed by atoms with Gasteiger partial charge in [0.1, 0.15) is 23.4 Å². The first-order chi connectivity index (χ1) is 12.7. The minimum absolute atomic E-state index is 0.110. The highest BCUT2D eigenvalue weighted by atomic mass is 16.5. The zero-order valence-electron chi connectivity index (χ0n) is 13.5. The van der Waals surface area contributed by atoms with Gasteiger partial charge in [0.05, 0.1) is 0 Å². The van der Waals surface area contributed by atoms with Crippen LogP contribution in [0, 0.1) is 0 Å². The molecule has 0 aliphatic carbocycles. The Morgan fingerprint density at radius 3 is 2.62 bits per heavy atom. The van der Waals surface area contributed by atoms with Gasteiger partial charge in [-0.05, 0) is 12.1 Å². The number of hydrogen-bond acceptors (Lipinski definition) is 6. The average molecular weight is 347 g/mol. The van der Waals surface area contributed by atoms with Crippen LogP contribution in [-0.2, 0) is 11.3 Å². The molecule has 128 valence electrons. The monoisotopic (exact) mass is 347 g/mol. The summed E-state index contributed by atoms with van der Waals surface area (Å²) in [5, 5.41) is 4.52. The fraction of sp³-hybridized carbons (Fsp3) is 0.0500. The Kier molecular flexibility index (Phi) is 4.07. The van der Waals surface area contributed by atoms with Gasteiger partial charge in [-0.2, -0.15) is 0 Å². The molecule has 0 unspecified atom stereocenters. The minimum Gasteiger partial charge on any atom is -0.455 e. The third-order valence-corrected chi connectivity index (χ3v) is 3.83. The van der Waals surface area contributed by atoms with E-state index in [1.54, 1.807) is 30.3 Å². The Morgan fingerprint density at radius 2 is 1.77 bits per heavy atom. The minimum atomic E-state index is -0.770. The lowest BCUT2D eigenvalue weighted by Gasteiger charge is -2.02. The zero-order chi connectivity index (χ0) is 17.9. The van der Waals surface area contributed by atoms with E-state index in [1.807, 2.05) is 30.3 Å². The third-order valence-electron chi connectivity index (χ3n) is 3.83. The summed E-state index contributed by atoms with van der Waals surface area (Å²) in [6.45, 7) is -0.110. The van der Waals surface area contributed by atoms with E-state index in [0.717, 1.165) is 5.56 Å². The maximum atomic E-state index is 12.2. The first kappa shape index (κ1) is 15.8. The number of carbonyl (C=O) groups is 1. The van der Waals surface area contributed by atoms with Crippen molar-refractivity contribution in [3.05, 3.63) is 88.4 Å². The Bertz CT molecular complexity index is 1130. The van der Waals surface area contributed by atoms with E-state index in [4.69, 9.17) is 13.7 Å². The van der Waals surface area contributed by atoms with E-state index < -0.39 is 11.6 Å². The van der Waals surface area contributed by atoms with Gasteiger partial charge in [0, 0.05) is 17.0 Å². The molecule has 0 N–H and O–H groups in total. The summed E-state index contributed by atoms with van der Waals surface area (Å²) < 4.78 is 15.6. The molecule has 0 fully saturated rings. The molecule has 2 aromatic carbocycles. The normalized spacial score (nSPS) is 10.8. The number of para-hydroxylation sites is 1. The lowest BCUT2D eigenvalue weighted by atomic mass is 10.2. The van der Waals surface area contributed by atoms with Crippen molar-refractivity contribution in [2.75, 3.05) is 0 Å². The fourth-order valence-electron chi connectivity index (χ4n) is 2.54. The van der Waals surface area contributed by atoms with Crippen molar-refractivity contribution in [3.8, 4) is 11.3 Å². The van der Waals surface area contributed by atoms with E-state index in [0.29, 0.717) is 22.4 Å². The first-order valence-electron chi connectivity index (χ1n) is 7.92. The van der Waals surface area contributed by atoms with Crippen LogP contribution >= 0.6 is 0 Å². The Morgan fingerprint density at radius 1 is 1.00 bits per heavy atom. The predicted octanol–water partition coefficient (Wildman–Crippen LogP) is 3.81. The Hall–Kier alpha value is -3.67. The highest BCUT2D eigenvalue weighted by molar-refractivity contribution is 5.92. The maximum Gasteiger partial charge on any atom is 0.351 e. The van der Waals surface area contributed by atoms with Gasteiger partial charge in [0.25, 0.3) is 0 Å². The van der Waals surface area contributed by atoms with Crippen LogP contribution in [0.15, 0.2) is 80.5 Å². The molecule has 0 saturated heterocycles. The van der Waals surface area contributed by atoms with Gasteiger partial charge in [-0.25, -0.2) is 9.59 Å². The molecule has 0 aliphatic heterocycles. The second-order valence-electron chi connectivity index (χ2n) is 5.61. The molecule has 0 atom stereocenters. The van der Waals surface area contributed by atoms with Crippen molar-refractivity contribution in [1.29, 1.82) is 0 Å². The van der Waals surface area contributed by atoms with Gasteiger partial charge in [-0.3, -0.25) is 0 Å². The summed E-state index contributed by atoms with van der Waals surface area (Å²) in [5.41, 5.74) is 0.836. The van der Waals surface area contributed by atoms with Crippen LogP contribution in [0.5, 0.6) is 0 Å². The van der Waals surface area contributed by atoms with Gasteiger partial charge < -0.3 is 13.7 Å². The topological polar surface area (TPSA) is 82.5 Å². The number of rotatable bonds is 4. The lowest BCUT2D eigenvalue weighted by molar-refractivity contribution is 0.0459. The van der Waals surface area contributed by atoms with Crippen LogP contribution < -0.4 is 5.63 Å². The molecule has 2 heterocycles. The zero-order valence-corrected chi connectivity index (χ0v) is 13.5. The van der Waals surface area contributed by atoms with E-state index in [2.05, 4.69) is 5.16 Å². The number of fused-ring (bicyclic) bond motifs is 1. The smallest absolute Gasteiger partial charge is 0.351 e. The number of benzene rings is 2. The maximum absolute atomic E-state index is 12.2. The van der Waals surface area contributed by atoms with Crippen molar-refractivity contribution in [1.82, 2.24) is 5.16 Å². The average Bonchev–Trinajstić information content (AvgIpc) is 3.15. The molecule has 26 heavy (non-hydrogen) atoms. The molecule has 2 aromatic heterocycles. The fourth-order valence-corrected chi connectivity index (χ4v) is 2.54. The first-order valence-corrected chi connectivity index (χ1v) is 7.92. The van der Waals surface area contributed by atoms with Crippen molar-refractivity contribution in [2.24, 2.45) is 0 Å². The van der Waals surface area contributed by atoms with Crippen molar-refractivity contribution in [2.45, 2.75) is 6.61 Å². The van der Waals surface area contributed by atoms with Crippen LogP contribution in [-0.4, -0.2) is 11.1 Å². The standard InChI is InChI=1S/C20H13NO5/c22-19(16-10-14-8-4-5-9-17(14)25-20(16)23)24-12-15-11-18(26-21-15)13-6-2-1-3-7-13/h1-11H,12H2. The summed E-state index contributed by atoms with van der Waals surface area (Å²) >= 11 is 0. The second-order valence-corrected chi connectivity index (χ2v) is 5.61. The molecule has 0 bridgehead atoms. The van der Waals surface area contributed by atoms with Gasteiger partial charge in [-0.1, -0.05) is 53.7 Å². The van der Waals surface area contributed by atoms with Gasteiger partial charge >= 0.3 is 11.6 Å². The van der Waals surface area contributed by atoms with Crippen molar-refractivity contribution in [3.63, 3.8) is 0 Å². The molecular formula is C20H13NO5. The highest BCUT2D eigenvalue weighted by Gasteiger charge is 2.16. The van der Waals surface area contributed by atoms with Gasteiger partial charge in [-0.15, -0.1) is 0 Å². The molecule has 6 nitrogen and oxygen atoms in total. The van der Waals surface area contributed by atoms with Gasteiger partial charge in [0.2, 0.25) is 0 Å². The van der Waals surface area contributed by atoms with Crippen LogP contribution in [0.25, 0.3) is 22.3 Å². The van der Waals surface area contributed by atoms with E-state index in [-0.39, 0.29) is 12.2 Å². The van der Waals surface area contributed by atoms with Crippen molar-refractivity contribution >= 4 is 16.9 Å². The summed E-state index contributed by atoms with van der Waals surface area (Å²) in [6, 6.07) is 19.5. The predicted molar refractivity (Wildman–Crippen MR) is 93.5 cm³/mol. The molecule has 0 amide bonds. The highest BCUT2D eigenvalue weighted by Crippen LogP contribution is 2.20. The number of aromatic nitrogens is 1. The van der Waals surface area contributed by atoms with E-state index in [9.17, 15) is 9.59 Å². The quantitative estimate of drug-likeness (QED) is 0.412. The van der Waals surface area contributed by atoms with Crippen molar-refractivity contribution < 1.29 is 18.5 Å². The van der Waals surface area contributed by atoms with Gasteiger partial charge in [0.15, 0.2) is 5.76 Å². The van der Waals surface area contributed by atoms with Crippen LogP contribution in [0.2, 0.25) is 0 Å².